The highest BCUT2D eigenvalue weighted by atomic mass is 35.5. The Morgan fingerprint density at radius 2 is 1.75 bits per heavy atom. The predicted molar refractivity (Wildman–Crippen MR) is 107 cm³/mol. The van der Waals surface area contributed by atoms with Gasteiger partial charge < -0.3 is 16.1 Å². The van der Waals surface area contributed by atoms with Crippen LogP contribution in [0.4, 0.5) is 11.5 Å². The third-order valence-electron chi connectivity index (χ3n) is 3.61. The number of hydrogen-bond donors (Lipinski definition) is 4. The van der Waals surface area contributed by atoms with E-state index in [9.17, 15) is 14.4 Å². The summed E-state index contributed by atoms with van der Waals surface area (Å²) in [4.78, 5) is 39.9. The number of aromatic nitrogens is 1. The molecule has 1 aromatic carbocycles. The Morgan fingerprint density at radius 1 is 1.00 bits per heavy atom. The van der Waals surface area contributed by atoms with Crippen LogP contribution in [0, 0.1) is 13.8 Å². The van der Waals surface area contributed by atoms with E-state index in [1.807, 2.05) is 13.0 Å². The Labute approximate surface area is 167 Å². The minimum absolute atomic E-state index is 0.324. The van der Waals surface area contributed by atoms with Crippen LogP contribution in [0.2, 0.25) is 5.02 Å². The second kappa shape index (κ2) is 9.52. The Morgan fingerprint density at radius 3 is 2.43 bits per heavy atom. The monoisotopic (exact) mass is 401 g/mol. The lowest BCUT2D eigenvalue weighted by molar-refractivity contribution is -0.136. The quantitative estimate of drug-likeness (QED) is 0.349. The van der Waals surface area contributed by atoms with Crippen molar-refractivity contribution in [1.29, 1.82) is 0 Å². The molecule has 0 saturated carbocycles. The molecule has 0 aliphatic rings. The number of hydrazine groups is 1. The number of rotatable bonds is 5. The van der Waals surface area contributed by atoms with Gasteiger partial charge in [-0.2, -0.15) is 0 Å². The maximum absolute atomic E-state index is 12.0. The molecule has 0 bridgehead atoms. The fourth-order valence-corrected chi connectivity index (χ4v) is 2.25. The number of hydrogen-bond acceptors (Lipinski definition) is 5. The number of carbonyl (C=O) groups excluding carboxylic acids is 3. The highest BCUT2D eigenvalue weighted by Crippen LogP contribution is 2.22. The van der Waals surface area contributed by atoms with Crippen LogP contribution in [-0.2, 0) is 14.4 Å². The number of benzene rings is 1. The lowest BCUT2D eigenvalue weighted by atomic mass is 10.2. The number of aryl methyl sites for hydroxylation is 1. The molecule has 0 atom stereocenters. The summed E-state index contributed by atoms with van der Waals surface area (Å²) in [5.74, 6) is -1.83. The van der Waals surface area contributed by atoms with Gasteiger partial charge in [-0.05, 0) is 50.1 Å². The number of anilines is 2. The highest BCUT2D eigenvalue weighted by Gasteiger charge is 2.15. The third-order valence-corrected chi connectivity index (χ3v) is 4.02. The predicted octanol–water partition coefficient (Wildman–Crippen LogP) is 2.45. The topological polar surface area (TPSA) is 112 Å². The largest absolute Gasteiger partial charge is 0.327 e. The van der Waals surface area contributed by atoms with E-state index in [0.29, 0.717) is 27.8 Å². The van der Waals surface area contributed by atoms with Gasteiger partial charge in [-0.1, -0.05) is 23.7 Å². The zero-order chi connectivity index (χ0) is 20.7. The molecule has 0 aliphatic heterocycles. The van der Waals surface area contributed by atoms with Crippen molar-refractivity contribution in [2.75, 3.05) is 10.6 Å². The van der Waals surface area contributed by atoms with Gasteiger partial charge in [-0.25, -0.2) is 4.98 Å². The van der Waals surface area contributed by atoms with E-state index in [1.165, 1.54) is 6.08 Å². The molecular weight excluding hydrogens is 382 g/mol. The van der Waals surface area contributed by atoms with Crippen LogP contribution in [0.3, 0.4) is 0 Å². The van der Waals surface area contributed by atoms with Crippen molar-refractivity contribution in [1.82, 2.24) is 15.8 Å². The van der Waals surface area contributed by atoms with Gasteiger partial charge in [0.15, 0.2) is 0 Å². The first-order valence-electron chi connectivity index (χ1n) is 8.30. The molecule has 1 aromatic heterocycles. The SMILES string of the molecule is CC(=CC(=O)Nc1ccc(C)cn1)NNC(=O)C(=O)Nc1cccc(Cl)c1C. The lowest BCUT2D eigenvalue weighted by Gasteiger charge is -2.11. The minimum atomic E-state index is -0.923. The molecule has 0 unspecified atom stereocenters. The number of nitrogens with one attached hydrogen (secondary N) is 4. The van der Waals surface area contributed by atoms with E-state index >= 15 is 0 Å². The van der Waals surface area contributed by atoms with Crippen LogP contribution < -0.4 is 21.5 Å². The molecule has 0 radical (unpaired) electrons. The van der Waals surface area contributed by atoms with Gasteiger partial charge in [-0.15, -0.1) is 0 Å². The van der Waals surface area contributed by atoms with Gasteiger partial charge in [0.1, 0.15) is 5.82 Å². The first-order valence-corrected chi connectivity index (χ1v) is 8.68. The summed E-state index contributed by atoms with van der Waals surface area (Å²) in [7, 11) is 0. The van der Waals surface area contributed by atoms with Crippen LogP contribution in [-0.4, -0.2) is 22.7 Å². The number of allylic oxidation sites excluding steroid dienone is 1. The Kier molecular flexibility index (Phi) is 7.11. The number of halogens is 1. The summed E-state index contributed by atoms with van der Waals surface area (Å²) in [5, 5.41) is 5.53. The number of amides is 3. The fraction of sp³-hybridized carbons (Fsp3) is 0.158. The van der Waals surface area contributed by atoms with Gasteiger partial charge in [0, 0.05) is 28.7 Å². The van der Waals surface area contributed by atoms with Crippen molar-refractivity contribution in [3.63, 3.8) is 0 Å². The third kappa shape index (κ3) is 6.10. The van der Waals surface area contributed by atoms with Gasteiger partial charge in [0.25, 0.3) is 5.91 Å². The second-order valence-electron chi connectivity index (χ2n) is 5.98. The zero-order valence-electron chi connectivity index (χ0n) is 15.6. The van der Waals surface area contributed by atoms with E-state index in [2.05, 4.69) is 26.5 Å². The Hall–Kier alpha value is -3.39. The first-order chi connectivity index (χ1) is 13.3. The Bertz CT molecular complexity index is 926. The van der Waals surface area contributed by atoms with Crippen molar-refractivity contribution >= 4 is 40.8 Å². The van der Waals surface area contributed by atoms with E-state index < -0.39 is 17.7 Å². The van der Waals surface area contributed by atoms with E-state index in [-0.39, 0.29) is 0 Å². The molecule has 0 saturated heterocycles. The van der Waals surface area contributed by atoms with Crippen molar-refractivity contribution in [2.24, 2.45) is 0 Å². The van der Waals surface area contributed by atoms with Crippen LogP contribution in [0.1, 0.15) is 18.1 Å². The zero-order valence-corrected chi connectivity index (χ0v) is 16.3. The molecule has 2 aromatic rings. The first kappa shape index (κ1) is 20.9. The van der Waals surface area contributed by atoms with E-state index in [4.69, 9.17) is 11.6 Å². The molecule has 0 aliphatic carbocycles. The average Bonchev–Trinajstić information content (AvgIpc) is 2.65. The molecular formula is C19H20ClN5O3. The van der Waals surface area contributed by atoms with Crippen molar-refractivity contribution in [3.8, 4) is 0 Å². The normalized spacial score (nSPS) is 10.8. The fourth-order valence-electron chi connectivity index (χ4n) is 2.07. The summed E-state index contributed by atoms with van der Waals surface area (Å²) < 4.78 is 0. The maximum atomic E-state index is 12.0. The lowest BCUT2D eigenvalue weighted by Crippen LogP contribution is -2.43. The molecule has 28 heavy (non-hydrogen) atoms. The summed E-state index contributed by atoms with van der Waals surface area (Å²) >= 11 is 5.98. The number of pyridine rings is 1. The molecule has 9 heteroatoms. The molecule has 146 valence electrons. The summed E-state index contributed by atoms with van der Waals surface area (Å²) in [6.07, 6.45) is 2.85. The summed E-state index contributed by atoms with van der Waals surface area (Å²) in [6, 6.07) is 8.47. The molecule has 2 rings (SSSR count). The van der Waals surface area contributed by atoms with Crippen molar-refractivity contribution in [2.45, 2.75) is 20.8 Å². The molecule has 3 amide bonds. The van der Waals surface area contributed by atoms with Crippen molar-refractivity contribution < 1.29 is 14.4 Å². The summed E-state index contributed by atoms with van der Waals surface area (Å²) in [6.45, 7) is 5.17. The number of nitrogens with zero attached hydrogens (tertiary/aromatic N) is 1. The van der Waals surface area contributed by atoms with Gasteiger partial charge in [0.05, 0.1) is 0 Å². The van der Waals surface area contributed by atoms with E-state index in [0.717, 1.165) is 5.56 Å². The standard InChI is InChI=1S/C19H20ClN5O3/c1-11-7-8-16(21-10-11)23-17(26)9-12(2)24-25-19(28)18(27)22-15-6-4-5-14(20)13(15)3/h4-10,24H,1-3H3,(H,22,27)(H,25,28)(H,21,23,26). The average molecular weight is 402 g/mol. The van der Waals surface area contributed by atoms with Crippen molar-refractivity contribution in [3.05, 3.63) is 64.5 Å². The molecule has 0 spiro atoms. The second-order valence-corrected chi connectivity index (χ2v) is 6.39. The van der Waals surface area contributed by atoms with Crippen LogP contribution >= 0.6 is 11.6 Å². The maximum Gasteiger partial charge on any atom is 0.327 e. The van der Waals surface area contributed by atoms with E-state index in [1.54, 1.807) is 44.3 Å². The molecule has 8 nitrogen and oxygen atoms in total. The Balaban J connectivity index is 1.85. The van der Waals surface area contributed by atoms with Crippen LogP contribution in [0.25, 0.3) is 0 Å². The van der Waals surface area contributed by atoms with Gasteiger partial charge in [0.2, 0.25) is 0 Å². The van der Waals surface area contributed by atoms with Crippen LogP contribution in [0.15, 0.2) is 48.3 Å². The minimum Gasteiger partial charge on any atom is -0.317 e. The molecule has 1 heterocycles. The van der Waals surface area contributed by atoms with Crippen LogP contribution in [0.5, 0.6) is 0 Å². The summed E-state index contributed by atoms with van der Waals surface area (Å²) in [5.41, 5.74) is 7.09. The molecule has 4 N–H and O–H groups in total. The van der Waals surface area contributed by atoms with Gasteiger partial charge >= 0.3 is 11.8 Å². The molecule has 0 fully saturated rings. The number of carbonyl (C=O) groups is 3. The van der Waals surface area contributed by atoms with Gasteiger partial charge in [-0.3, -0.25) is 19.8 Å². The smallest absolute Gasteiger partial charge is 0.317 e. The highest BCUT2D eigenvalue weighted by molar-refractivity contribution is 6.40.